The number of aryl methyl sites for hydroxylation is 2. The van der Waals surface area contributed by atoms with Gasteiger partial charge < -0.3 is 5.11 Å². The molecule has 0 fully saturated rings. The molecular weight excluding hydrogens is 212 g/mol. The first-order valence-electron chi connectivity index (χ1n) is 5.95. The molecule has 3 heteroatoms. The highest BCUT2D eigenvalue weighted by atomic mass is 16.3. The first kappa shape index (κ1) is 11.7. The second-order valence-corrected chi connectivity index (χ2v) is 4.39. The van der Waals surface area contributed by atoms with Gasteiger partial charge in [0.05, 0.1) is 5.69 Å². The lowest BCUT2D eigenvalue weighted by atomic mass is 10.0. The van der Waals surface area contributed by atoms with Crippen LogP contribution in [0.15, 0.2) is 24.3 Å². The van der Waals surface area contributed by atoms with E-state index in [1.165, 1.54) is 5.56 Å². The highest BCUT2D eigenvalue weighted by Gasteiger charge is 2.16. The summed E-state index contributed by atoms with van der Waals surface area (Å²) in [5.74, 6) is 0.158. The summed E-state index contributed by atoms with van der Waals surface area (Å²) in [5.41, 5.74) is 4.29. The summed E-state index contributed by atoms with van der Waals surface area (Å²) in [6.45, 7) is 4.17. The molecule has 0 spiro atoms. The van der Waals surface area contributed by atoms with E-state index in [-0.39, 0.29) is 5.88 Å². The van der Waals surface area contributed by atoms with Crippen LogP contribution in [-0.2, 0) is 13.5 Å². The number of aromatic nitrogens is 2. The highest BCUT2D eigenvalue weighted by molar-refractivity contribution is 5.66. The van der Waals surface area contributed by atoms with Gasteiger partial charge in [-0.25, -0.2) is 0 Å². The molecule has 0 atom stereocenters. The number of hydrogen-bond donors (Lipinski definition) is 1. The van der Waals surface area contributed by atoms with Crippen LogP contribution in [0.1, 0.15) is 24.5 Å². The summed E-state index contributed by atoms with van der Waals surface area (Å²) >= 11 is 0. The summed E-state index contributed by atoms with van der Waals surface area (Å²) in [4.78, 5) is 0. The van der Waals surface area contributed by atoms with E-state index in [0.717, 1.165) is 29.7 Å². The van der Waals surface area contributed by atoms with Crippen molar-refractivity contribution < 1.29 is 5.11 Å². The zero-order valence-corrected chi connectivity index (χ0v) is 10.6. The second-order valence-electron chi connectivity index (χ2n) is 4.39. The molecule has 0 bridgehead atoms. The summed E-state index contributed by atoms with van der Waals surface area (Å²) < 4.78 is 1.76. The Bertz CT molecular complexity index is 529. The van der Waals surface area contributed by atoms with Gasteiger partial charge in [-0.1, -0.05) is 37.1 Å². The number of nitrogens with zero attached hydrogens (tertiary/aromatic N) is 2. The molecule has 90 valence electrons. The fourth-order valence-corrected chi connectivity index (χ4v) is 2.19. The Kier molecular flexibility index (Phi) is 3.18. The maximum atomic E-state index is 9.84. The molecule has 0 unspecified atom stereocenters. The monoisotopic (exact) mass is 230 g/mol. The number of hydrogen-bond acceptors (Lipinski definition) is 2. The summed E-state index contributed by atoms with van der Waals surface area (Å²) in [6.07, 6.45) is 1.85. The van der Waals surface area contributed by atoms with Crippen LogP contribution in [0.5, 0.6) is 5.88 Å². The summed E-state index contributed by atoms with van der Waals surface area (Å²) in [6, 6.07) is 8.28. The number of aromatic hydroxyl groups is 1. The minimum absolute atomic E-state index is 0.158. The van der Waals surface area contributed by atoms with Crippen LogP contribution >= 0.6 is 0 Å². The molecule has 1 N–H and O–H groups in total. The van der Waals surface area contributed by atoms with Gasteiger partial charge in [-0.3, -0.25) is 4.68 Å². The van der Waals surface area contributed by atoms with Crippen LogP contribution in [-0.4, -0.2) is 14.9 Å². The number of rotatable bonds is 3. The van der Waals surface area contributed by atoms with Crippen molar-refractivity contribution >= 4 is 0 Å². The molecule has 0 saturated heterocycles. The first-order valence-corrected chi connectivity index (χ1v) is 5.95. The minimum atomic E-state index is 0.158. The van der Waals surface area contributed by atoms with Crippen molar-refractivity contribution in [1.82, 2.24) is 9.78 Å². The van der Waals surface area contributed by atoms with E-state index in [1.807, 2.05) is 13.1 Å². The van der Waals surface area contributed by atoms with E-state index >= 15 is 0 Å². The van der Waals surface area contributed by atoms with E-state index in [9.17, 15) is 5.11 Å². The van der Waals surface area contributed by atoms with Gasteiger partial charge in [-0.05, 0) is 19.4 Å². The third-order valence-corrected chi connectivity index (χ3v) is 2.92. The lowest BCUT2D eigenvalue weighted by Gasteiger charge is -2.06. The second kappa shape index (κ2) is 4.62. The van der Waals surface area contributed by atoms with E-state index in [4.69, 9.17) is 0 Å². The van der Waals surface area contributed by atoms with Crippen molar-refractivity contribution in [2.24, 2.45) is 7.05 Å². The molecular formula is C14H18N2O. The zero-order chi connectivity index (χ0) is 12.4. The van der Waals surface area contributed by atoms with E-state index in [2.05, 4.69) is 37.1 Å². The average Bonchev–Trinajstić information content (AvgIpc) is 2.54. The first-order chi connectivity index (χ1) is 8.13. The molecule has 0 radical (unpaired) electrons. The van der Waals surface area contributed by atoms with Gasteiger partial charge >= 0.3 is 0 Å². The molecule has 1 heterocycles. The maximum Gasteiger partial charge on any atom is 0.234 e. The molecule has 0 aliphatic carbocycles. The van der Waals surface area contributed by atoms with Crippen molar-refractivity contribution in [2.75, 3.05) is 0 Å². The lowest BCUT2D eigenvalue weighted by molar-refractivity contribution is 0.438. The molecule has 0 aliphatic heterocycles. The lowest BCUT2D eigenvalue weighted by Crippen LogP contribution is -1.96. The van der Waals surface area contributed by atoms with Crippen molar-refractivity contribution in [2.45, 2.75) is 26.7 Å². The van der Waals surface area contributed by atoms with Crippen molar-refractivity contribution in [3.63, 3.8) is 0 Å². The van der Waals surface area contributed by atoms with Gasteiger partial charge in [0.2, 0.25) is 5.88 Å². The molecule has 0 saturated carbocycles. The third-order valence-electron chi connectivity index (χ3n) is 2.92. The maximum absolute atomic E-state index is 9.84. The fourth-order valence-electron chi connectivity index (χ4n) is 2.19. The van der Waals surface area contributed by atoms with E-state index in [0.29, 0.717) is 0 Å². The predicted octanol–water partition coefficient (Wildman–Crippen LogP) is 3.05. The summed E-state index contributed by atoms with van der Waals surface area (Å²) in [5, 5.41) is 13.9. The van der Waals surface area contributed by atoms with Crippen LogP contribution in [0.2, 0.25) is 0 Å². The third kappa shape index (κ3) is 2.18. The van der Waals surface area contributed by atoms with E-state index in [1.54, 1.807) is 4.68 Å². The minimum Gasteiger partial charge on any atom is -0.492 e. The van der Waals surface area contributed by atoms with Crippen molar-refractivity contribution in [1.29, 1.82) is 0 Å². The zero-order valence-electron chi connectivity index (χ0n) is 10.6. The van der Waals surface area contributed by atoms with Gasteiger partial charge in [0.25, 0.3) is 0 Å². The van der Waals surface area contributed by atoms with Gasteiger partial charge in [-0.2, -0.15) is 0 Å². The van der Waals surface area contributed by atoms with E-state index < -0.39 is 0 Å². The largest absolute Gasteiger partial charge is 0.492 e. The number of benzene rings is 1. The van der Waals surface area contributed by atoms with Crippen LogP contribution in [0.3, 0.4) is 0 Å². The molecule has 2 aromatic rings. The van der Waals surface area contributed by atoms with Gasteiger partial charge in [0.15, 0.2) is 0 Å². The van der Waals surface area contributed by atoms with Crippen LogP contribution in [0, 0.1) is 6.92 Å². The van der Waals surface area contributed by atoms with Crippen LogP contribution in [0.25, 0.3) is 11.3 Å². The molecule has 1 aromatic carbocycles. The molecule has 17 heavy (non-hydrogen) atoms. The standard InChI is InChI=1S/C14H18N2O/c1-4-6-12-13(16(3)15-14(12)17)11-8-5-7-10(2)9-11/h5,7-9H,4,6H2,1-3H3,(H,15,17). The van der Waals surface area contributed by atoms with Crippen molar-refractivity contribution in [3.8, 4) is 17.1 Å². The Labute approximate surface area is 102 Å². The molecule has 2 rings (SSSR count). The Balaban J connectivity index is 2.57. The molecule has 0 aliphatic rings. The quantitative estimate of drug-likeness (QED) is 0.880. The Morgan fingerprint density at radius 1 is 1.35 bits per heavy atom. The SMILES string of the molecule is CCCc1c(O)nn(C)c1-c1cccc(C)c1. The van der Waals surface area contributed by atoms with Gasteiger partial charge in [0, 0.05) is 18.2 Å². The summed E-state index contributed by atoms with van der Waals surface area (Å²) in [7, 11) is 1.87. The Hall–Kier alpha value is -1.77. The Morgan fingerprint density at radius 3 is 2.76 bits per heavy atom. The van der Waals surface area contributed by atoms with Crippen LogP contribution in [0.4, 0.5) is 0 Å². The van der Waals surface area contributed by atoms with Gasteiger partial charge in [0.1, 0.15) is 0 Å². The highest BCUT2D eigenvalue weighted by Crippen LogP contribution is 2.30. The normalized spacial score (nSPS) is 10.8. The average molecular weight is 230 g/mol. The van der Waals surface area contributed by atoms with Gasteiger partial charge in [-0.15, -0.1) is 5.10 Å². The predicted molar refractivity (Wildman–Crippen MR) is 69.0 cm³/mol. The topological polar surface area (TPSA) is 38.1 Å². The van der Waals surface area contributed by atoms with Crippen molar-refractivity contribution in [3.05, 3.63) is 35.4 Å². The Morgan fingerprint density at radius 2 is 2.12 bits per heavy atom. The molecule has 0 amide bonds. The fraction of sp³-hybridized carbons (Fsp3) is 0.357. The van der Waals surface area contributed by atoms with Crippen LogP contribution < -0.4 is 0 Å². The molecule has 3 nitrogen and oxygen atoms in total. The smallest absolute Gasteiger partial charge is 0.234 e. The molecule has 1 aromatic heterocycles.